The molecule has 11 heavy (non-hydrogen) atoms. The minimum atomic E-state index is -4.68. The second-order valence-corrected chi connectivity index (χ2v) is 2.68. The molecule has 0 radical (unpaired) electrons. The van der Waals surface area contributed by atoms with Crippen LogP contribution in [0.25, 0.3) is 0 Å². The highest BCUT2D eigenvalue weighted by atomic mass is 31.2. The Kier molecular flexibility index (Phi) is 4.43. The first-order valence-corrected chi connectivity index (χ1v) is 3.99. The van der Waals surface area contributed by atoms with E-state index in [0.29, 0.717) is 0 Å². The van der Waals surface area contributed by atoms with E-state index < -0.39 is 20.5 Å². The number of aliphatic hydroxyl groups is 1. The van der Waals surface area contributed by atoms with Gasteiger partial charge in [-0.15, -0.1) is 4.67 Å². The molecule has 0 aromatic heterocycles. The average Bonchev–Trinajstić information content (AvgIpc) is 1.85. The second kappa shape index (κ2) is 4.55. The van der Waals surface area contributed by atoms with E-state index in [1.54, 1.807) is 0 Å². The molecule has 66 valence electrons. The van der Waals surface area contributed by atoms with Crippen LogP contribution in [0.3, 0.4) is 0 Å². The summed E-state index contributed by atoms with van der Waals surface area (Å²) in [5.41, 5.74) is 0. The molecule has 0 bridgehead atoms. The van der Waals surface area contributed by atoms with Crippen LogP contribution in [0.2, 0.25) is 0 Å². The quantitative estimate of drug-likeness (QED) is 0.209. The molecule has 0 aromatic rings. The van der Waals surface area contributed by atoms with Gasteiger partial charge in [0.2, 0.25) is 0 Å². The standard InChI is InChI=1S/C3H7O7P/c4-1-3(5)2-9-10-11(6,7)8/h1,3,5H,2H2,(H2,6,7,8). The van der Waals surface area contributed by atoms with Crippen LogP contribution in [0.5, 0.6) is 0 Å². The van der Waals surface area contributed by atoms with Crippen molar-refractivity contribution in [2.24, 2.45) is 0 Å². The highest BCUT2D eigenvalue weighted by molar-refractivity contribution is 7.46. The fourth-order valence-electron chi connectivity index (χ4n) is 0.208. The Labute approximate surface area is 61.7 Å². The van der Waals surface area contributed by atoms with Gasteiger partial charge < -0.3 is 19.7 Å². The van der Waals surface area contributed by atoms with Gasteiger partial charge in [0, 0.05) is 0 Å². The molecule has 0 spiro atoms. The van der Waals surface area contributed by atoms with Crippen LogP contribution < -0.4 is 0 Å². The number of hydrogen-bond donors (Lipinski definition) is 3. The summed E-state index contributed by atoms with van der Waals surface area (Å²) in [5.74, 6) is 0. The van der Waals surface area contributed by atoms with Crippen LogP contribution >= 0.6 is 7.82 Å². The largest absolute Gasteiger partial charge is 0.496 e. The number of hydrogen-bond acceptors (Lipinski definition) is 5. The topological polar surface area (TPSA) is 113 Å². The van der Waals surface area contributed by atoms with Crippen molar-refractivity contribution >= 4 is 14.1 Å². The van der Waals surface area contributed by atoms with Crippen LogP contribution in [0, 0.1) is 0 Å². The van der Waals surface area contributed by atoms with Crippen LogP contribution in [0.4, 0.5) is 0 Å². The number of carbonyl (C=O) groups excluding carboxylic acids is 1. The molecule has 0 aliphatic heterocycles. The van der Waals surface area contributed by atoms with Gasteiger partial charge in [-0.25, -0.2) is 9.45 Å². The molecule has 0 fully saturated rings. The first kappa shape index (κ1) is 10.7. The molecular formula is C3H7O7P. The molecule has 0 heterocycles. The molecule has 3 N–H and O–H groups in total. The number of carbonyl (C=O) groups is 1. The first-order valence-electron chi connectivity index (χ1n) is 2.46. The zero-order valence-corrected chi connectivity index (χ0v) is 6.18. The van der Waals surface area contributed by atoms with Gasteiger partial charge in [0.15, 0.2) is 6.29 Å². The third-order valence-electron chi connectivity index (χ3n) is 0.546. The Bertz CT molecular complexity index is 161. The van der Waals surface area contributed by atoms with Gasteiger partial charge in [-0.05, 0) is 0 Å². The fraction of sp³-hybridized carbons (Fsp3) is 0.667. The molecule has 0 aliphatic rings. The van der Waals surface area contributed by atoms with Gasteiger partial charge in [0.05, 0.1) is 0 Å². The van der Waals surface area contributed by atoms with E-state index in [-0.39, 0.29) is 6.29 Å². The van der Waals surface area contributed by atoms with E-state index in [1.165, 1.54) is 0 Å². The average molecular weight is 186 g/mol. The lowest BCUT2D eigenvalue weighted by molar-refractivity contribution is -0.234. The monoisotopic (exact) mass is 186 g/mol. The highest BCUT2D eigenvalue weighted by Crippen LogP contribution is 2.35. The van der Waals surface area contributed by atoms with Crippen molar-refractivity contribution in [1.82, 2.24) is 0 Å². The lowest BCUT2D eigenvalue weighted by Gasteiger charge is -2.04. The van der Waals surface area contributed by atoms with E-state index in [1.807, 2.05) is 0 Å². The number of phosphoric acid groups is 1. The molecule has 0 saturated heterocycles. The SMILES string of the molecule is O=CC(O)COOP(=O)(O)O. The zero-order valence-electron chi connectivity index (χ0n) is 5.28. The van der Waals surface area contributed by atoms with E-state index in [4.69, 9.17) is 14.9 Å². The van der Waals surface area contributed by atoms with Crippen molar-refractivity contribution in [3.8, 4) is 0 Å². The molecule has 0 aliphatic carbocycles. The highest BCUT2D eigenvalue weighted by Gasteiger charge is 2.16. The van der Waals surface area contributed by atoms with Crippen molar-refractivity contribution in [2.45, 2.75) is 6.10 Å². The van der Waals surface area contributed by atoms with Crippen LogP contribution in [-0.2, 0) is 18.9 Å². The predicted molar refractivity (Wildman–Crippen MR) is 31.2 cm³/mol. The van der Waals surface area contributed by atoms with E-state index >= 15 is 0 Å². The molecule has 1 atom stereocenters. The summed E-state index contributed by atoms with van der Waals surface area (Å²) in [7, 11) is -4.68. The third kappa shape index (κ3) is 7.60. The predicted octanol–water partition coefficient (Wildman–Crippen LogP) is -1.41. The maximum absolute atomic E-state index is 9.88. The number of aliphatic hydroxyl groups excluding tert-OH is 1. The van der Waals surface area contributed by atoms with E-state index in [0.717, 1.165) is 0 Å². The molecular weight excluding hydrogens is 179 g/mol. The number of aldehydes is 1. The Balaban J connectivity index is 3.42. The molecule has 0 saturated carbocycles. The second-order valence-electron chi connectivity index (χ2n) is 1.55. The Hall–Kier alpha value is -0.300. The normalized spacial score (nSPS) is 14.5. The summed E-state index contributed by atoms with van der Waals surface area (Å²) >= 11 is 0. The smallest absolute Gasteiger partial charge is 0.383 e. The summed E-state index contributed by atoms with van der Waals surface area (Å²) in [5, 5.41) is 8.43. The summed E-state index contributed by atoms with van der Waals surface area (Å²) in [6, 6.07) is 0. The number of rotatable bonds is 5. The summed E-state index contributed by atoms with van der Waals surface area (Å²) < 4.78 is 13.3. The van der Waals surface area contributed by atoms with Crippen molar-refractivity contribution in [3.05, 3.63) is 0 Å². The zero-order chi connectivity index (χ0) is 8.91. The van der Waals surface area contributed by atoms with Gasteiger partial charge in [-0.2, -0.15) is 0 Å². The lowest BCUT2D eigenvalue weighted by atomic mass is 10.4. The third-order valence-corrected chi connectivity index (χ3v) is 0.845. The van der Waals surface area contributed by atoms with Crippen LogP contribution in [0.1, 0.15) is 0 Å². The Morgan fingerprint density at radius 1 is 1.55 bits per heavy atom. The van der Waals surface area contributed by atoms with Gasteiger partial charge in [0.25, 0.3) is 0 Å². The minimum Gasteiger partial charge on any atom is -0.383 e. The van der Waals surface area contributed by atoms with E-state index in [9.17, 15) is 9.36 Å². The summed E-state index contributed by atoms with van der Waals surface area (Å²) in [6.07, 6.45) is -1.30. The molecule has 0 rings (SSSR count). The van der Waals surface area contributed by atoms with Crippen LogP contribution in [0.15, 0.2) is 0 Å². The van der Waals surface area contributed by atoms with Crippen molar-refractivity contribution in [3.63, 3.8) is 0 Å². The van der Waals surface area contributed by atoms with E-state index in [2.05, 4.69) is 9.56 Å². The summed E-state index contributed by atoms with van der Waals surface area (Å²) in [6.45, 7) is -0.616. The maximum Gasteiger partial charge on any atom is 0.496 e. The molecule has 1 unspecified atom stereocenters. The van der Waals surface area contributed by atoms with Gasteiger partial charge in [-0.1, -0.05) is 0 Å². The Morgan fingerprint density at radius 2 is 2.09 bits per heavy atom. The van der Waals surface area contributed by atoms with Crippen molar-refractivity contribution in [1.29, 1.82) is 0 Å². The Morgan fingerprint density at radius 3 is 2.45 bits per heavy atom. The van der Waals surface area contributed by atoms with Crippen molar-refractivity contribution < 1.29 is 33.8 Å². The summed E-state index contributed by atoms with van der Waals surface area (Å²) in [4.78, 5) is 29.5. The van der Waals surface area contributed by atoms with Gasteiger partial charge >= 0.3 is 7.82 Å². The van der Waals surface area contributed by atoms with Crippen molar-refractivity contribution in [2.75, 3.05) is 6.61 Å². The molecule has 0 aromatic carbocycles. The lowest BCUT2D eigenvalue weighted by Crippen LogP contribution is -2.15. The fourth-order valence-corrected chi connectivity index (χ4v) is 0.406. The molecule has 7 nitrogen and oxygen atoms in total. The van der Waals surface area contributed by atoms with Gasteiger partial charge in [0.1, 0.15) is 12.7 Å². The van der Waals surface area contributed by atoms with Gasteiger partial charge in [-0.3, -0.25) is 0 Å². The molecule has 0 amide bonds. The maximum atomic E-state index is 9.88. The minimum absolute atomic E-state index is 0.142. The van der Waals surface area contributed by atoms with Crippen LogP contribution in [-0.4, -0.2) is 33.9 Å². The molecule has 8 heteroatoms. The first-order chi connectivity index (χ1) is 4.95.